The van der Waals surface area contributed by atoms with E-state index in [0.29, 0.717) is 17.1 Å². The smallest absolute Gasteiger partial charge is 0.159 e. The maximum atomic E-state index is 12.1. The van der Waals surface area contributed by atoms with Gasteiger partial charge >= 0.3 is 0 Å². The summed E-state index contributed by atoms with van der Waals surface area (Å²) < 4.78 is 0. The van der Waals surface area contributed by atoms with Crippen molar-refractivity contribution in [3.05, 3.63) is 11.1 Å². The van der Waals surface area contributed by atoms with Crippen LogP contribution in [0.25, 0.3) is 0 Å². The van der Waals surface area contributed by atoms with Gasteiger partial charge in [-0.05, 0) is 49.5 Å². The number of hydrogen-bond donors (Lipinski definition) is 0. The van der Waals surface area contributed by atoms with E-state index in [4.69, 9.17) is 0 Å². The van der Waals surface area contributed by atoms with Crippen molar-refractivity contribution in [1.82, 2.24) is 0 Å². The Morgan fingerprint density at radius 3 is 2.62 bits per heavy atom. The Hall–Kier alpha value is -0.590. The molecule has 1 nitrogen and oxygen atoms in total. The summed E-state index contributed by atoms with van der Waals surface area (Å²) in [5.41, 5.74) is 2.76. The van der Waals surface area contributed by atoms with E-state index in [1.807, 2.05) is 0 Å². The van der Waals surface area contributed by atoms with Gasteiger partial charge in [-0.15, -0.1) is 0 Å². The lowest BCUT2D eigenvalue weighted by Crippen LogP contribution is -2.43. The minimum atomic E-state index is 0.388. The molecule has 16 heavy (non-hydrogen) atoms. The quantitative estimate of drug-likeness (QED) is 0.561. The monoisotopic (exact) mass is 220 g/mol. The van der Waals surface area contributed by atoms with E-state index in [1.165, 1.54) is 24.8 Å². The van der Waals surface area contributed by atoms with Crippen LogP contribution in [0.15, 0.2) is 11.1 Å². The van der Waals surface area contributed by atoms with Crippen molar-refractivity contribution < 1.29 is 4.79 Å². The molecule has 2 fully saturated rings. The minimum absolute atomic E-state index is 0.388. The van der Waals surface area contributed by atoms with Crippen LogP contribution in [0, 0.1) is 17.3 Å². The topological polar surface area (TPSA) is 17.1 Å². The van der Waals surface area contributed by atoms with E-state index >= 15 is 0 Å². The highest BCUT2D eigenvalue weighted by Crippen LogP contribution is 2.53. The van der Waals surface area contributed by atoms with Gasteiger partial charge < -0.3 is 0 Å². The lowest BCUT2D eigenvalue weighted by molar-refractivity contribution is -0.122. The summed E-state index contributed by atoms with van der Waals surface area (Å²) in [5.74, 6) is 1.84. The second kappa shape index (κ2) is 4.01. The number of hydrogen-bond acceptors (Lipinski definition) is 1. The number of Topliss-reactive ketones (excluding diaryl/α,β-unsaturated/α-hetero) is 1. The SMILES string of the molecule is CC(C)=C1C[C@@]2(C)C(CCC[C@@H]2C)CC1=O. The van der Waals surface area contributed by atoms with Gasteiger partial charge in [0.15, 0.2) is 5.78 Å². The van der Waals surface area contributed by atoms with Gasteiger partial charge in [-0.2, -0.15) is 0 Å². The zero-order chi connectivity index (χ0) is 11.9. The number of ketones is 1. The molecule has 0 N–H and O–H groups in total. The largest absolute Gasteiger partial charge is 0.295 e. The Bertz CT molecular complexity index is 335. The molecule has 2 saturated carbocycles. The van der Waals surface area contributed by atoms with Crippen molar-refractivity contribution in [3.63, 3.8) is 0 Å². The molecule has 0 amide bonds. The van der Waals surface area contributed by atoms with Crippen molar-refractivity contribution >= 4 is 5.78 Å². The van der Waals surface area contributed by atoms with Gasteiger partial charge in [0.05, 0.1) is 0 Å². The second-order valence-corrected chi connectivity index (χ2v) is 6.32. The van der Waals surface area contributed by atoms with Gasteiger partial charge in [0, 0.05) is 6.42 Å². The van der Waals surface area contributed by atoms with E-state index in [9.17, 15) is 4.79 Å². The van der Waals surface area contributed by atoms with Crippen LogP contribution >= 0.6 is 0 Å². The van der Waals surface area contributed by atoms with Crippen LogP contribution in [0.5, 0.6) is 0 Å². The Kier molecular flexibility index (Phi) is 2.98. The molecule has 2 aliphatic rings. The molecule has 0 spiro atoms. The van der Waals surface area contributed by atoms with Gasteiger partial charge in [-0.3, -0.25) is 4.79 Å². The van der Waals surface area contributed by atoms with E-state index in [1.54, 1.807) is 0 Å². The molecule has 2 aliphatic carbocycles. The Morgan fingerprint density at radius 1 is 1.31 bits per heavy atom. The number of carbonyl (C=O) groups is 1. The predicted molar refractivity (Wildman–Crippen MR) is 67.2 cm³/mol. The molecule has 0 aromatic rings. The van der Waals surface area contributed by atoms with Crippen molar-refractivity contribution in [2.24, 2.45) is 17.3 Å². The maximum Gasteiger partial charge on any atom is 0.159 e. The fourth-order valence-corrected chi connectivity index (χ4v) is 3.67. The first kappa shape index (κ1) is 11.9. The van der Waals surface area contributed by atoms with Crippen molar-refractivity contribution in [1.29, 1.82) is 0 Å². The van der Waals surface area contributed by atoms with Crippen LogP contribution in [0.1, 0.15) is 59.8 Å². The number of allylic oxidation sites excluding steroid dienone is 2. The van der Waals surface area contributed by atoms with Gasteiger partial charge in [-0.1, -0.05) is 32.3 Å². The first-order valence-corrected chi connectivity index (χ1v) is 6.64. The van der Waals surface area contributed by atoms with E-state index in [0.717, 1.165) is 24.3 Å². The highest BCUT2D eigenvalue weighted by Gasteiger charge is 2.46. The summed E-state index contributed by atoms with van der Waals surface area (Å²) in [7, 11) is 0. The third-order valence-electron chi connectivity index (χ3n) is 5.18. The van der Waals surface area contributed by atoms with Crippen LogP contribution in [-0.4, -0.2) is 5.78 Å². The highest BCUT2D eigenvalue weighted by atomic mass is 16.1. The van der Waals surface area contributed by atoms with Crippen molar-refractivity contribution in [3.8, 4) is 0 Å². The fraction of sp³-hybridized carbons (Fsp3) is 0.800. The van der Waals surface area contributed by atoms with Gasteiger partial charge in [0.2, 0.25) is 0 Å². The van der Waals surface area contributed by atoms with Crippen LogP contribution in [0.4, 0.5) is 0 Å². The molecule has 0 heterocycles. The molecule has 0 saturated heterocycles. The van der Waals surface area contributed by atoms with Crippen LogP contribution in [0.3, 0.4) is 0 Å². The molecule has 0 aliphatic heterocycles. The first-order valence-electron chi connectivity index (χ1n) is 6.64. The molecule has 0 bridgehead atoms. The minimum Gasteiger partial charge on any atom is -0.295 e. The Balaban J connectivity index is 2.32. The summed E-state index contributed by atoms with van der Waals surface area (Å²) in [6.45, 7) is 8.97. The lowest BCUT2D eigenvalue weighted by Gasteiger charge is -2.49. The molecular weight excluding hydrogens is 196 g/mol. The molecular formula is C15H24O. The van der Waals surface area contributed by atoms with Gasteiger partial charge in [0.25, 0.3) is 0 Å². The van der Waals surface area contributed by atoms with E-state index in [2.05, 4.69) is 27.7 Å². The van der Waals surface area contributed by atoms with E-state index in [-0.39, 0.29) is 0 Å². The Labute approximate surface area is 99.3 Å². The normalized spacial score (nSPS) is 39.5. The Morgan fingerprint density at radius 2 is 2.00 bits per heavy atom. The van der Waals surface area contributed by atoms with Crippen LogP contribution in [0.2, 0.25) is 0 Å². The lowest BCUT2D eigenvalue weighted by atomic mass is 9.54. The van der Waals surface area contributed by atoms with Crippen molar-refractivity contribution in [2.45, 2.75) is 59.8 Å². The van der Waals surface area contributed by atoms with Crippen LogP contribution < -0.4 is 0 Å². The first-order chi connectivity index (χ1) is 7.45. The van der Waals surface area contributed by atoms with Crippen molar-refractivity contribution in [2.75, 3.05) is 0 Å². The summed E-state index contributed by atoms with van der Waals surface area (Å²) in [5, 5.41) is 0. The molecule has 90 valence electrons. The highest BCUT2D eigenvalue weighted by molar-refractivity contribution is 5.97. The summed E-state index contributed by atoms with van der Waals surface area (Å²) in [6.07, 6.45) is 5.76. The molecule has 0 aromatic carbocycles. The molecule has 1 unspecified atom stereocenters. The number of rotatable bonds is 0. The standard InChI is InChI=1S/C15H24O/c1-10(2)13-9-15(4)11(3)6-5-7-12(15)8-14(13)16/h11-12H,5-9H2,1-4H3/t11-,12?,15+/m0/s1. The predicted octanol–water partition coefficient (Wildman–Crippen LogP) is 4.13. The summed E-state index contributed by atoms with van der Waals surface area (Å²) in [6, 6.07) is 0. The molecule has 0 aromatic heterocycles. The average molecular weight is 220 g/mol. The zero-order valence-corrected chi connectivity index (χ0v) is 11.1. The molecule has 2 rings (SSSR count). The summed E-state index contributed by atoms with van der Waals surface area (Å²) in [4.78, 5) is 12.1. The van der Waals surface area contributed by atoms with E-state index < -0.39 is 0 Å². The molecule has 3 atom stereocenters. The third kappa shape index (κ3) is 1.74. The number of carbonyl (C=O) groups excluding carboxylic acids is 1. The number of fused-ring (bicyclic) bond motifs is 1. The average Bonchev–Trinajstić information content (AvgIpc) is 2.20. The fourth-order valence-electron chi connectivity index (χ4n) is 3.67. The molecule has 1 heteroatoms. The van der Waals surface area contributed by atoms with Gasteiger partial charge in [-0.25, -0.2) is 0 Å². The maximum absolute atomic E-state index is 12.1. The third-order valence-corrected chi connectivity index (χ3v) is 5.18. The van der Waals surface area contributed by atoms with Crippen LogP contribution in [-0.2, 0) is 4.79 Å². The van der Waals surface area contributed by atoms with Gasteiger partial charge in [0.1, 0.15) is 0 Å². The zero-order valence-electron chi connectivity index (χ0n) is 11.1. The molecule has 0 radical (unpaired) electrons. The second-order valence-electron chi connectivity index (χ2n) is 6.32. The summed E-state index contributed by atoms with van der Waals surface area (Å²) >= 11 is 0.